The van der Waals surface area contributed by atoms with Crippen molar-refractivity contribution in [3.05, 3.63) is 75.5 Å². The van der Waals surface area contributed by atoms with Gasteiger partial charge in [-0.15, -0.1) is 0 Å². The Kier molecular flexibility index (Phi) is 6.81. The second-order valence-corrected chi connectivity index (χ2v) is 7.65. The molecule has 0 radical (unpaired) electrons. The van der Waals surface area contributed by atoms with Gasteiger partial charge in [0.2, 0.25) is 0 Å². The SMILES string of the molecule is CCCCCC[C@H](C=O)C(c1ccccc1[N+](=O)[O-])c1c(C)[nH]c2ccccc12. The summed E-state index contributed by atoms with van der Waals surface area (Å²) in [4.78, 5) is 27.0. The molecule has 0 spiro atoms. The van der Waals surface area contributed by atoms with E-state index in [1.165, 1.54) is 6.07 Å². The average Bonchev–Trinajstić information content (AvgIpc) is 3.06. The summed E-state index contributed by atoms with van der Waals surface area (Å²) in [6.07, 6.45) is 5.98. The monoisotopic (exact) mass is 392 g/mol. The number of nitrogens with zero attached hydrogens (tertiary/aromatic N) is 1. The number of carbonyl (C=O) groups excluding carboxylic acids is 1. The second-order valence-electron chi connectivity index (χ2n) is 7.65. The van der Waals surface area contributed by atoms with Crippen molar-refractivity contribution < 1.29 is 9.72 Å². The van der Waals surface area contributed by atoms with Gasteiger partial charge in [-0.3, -0.25) is 10.1 Å². The van der Waals surface area contributed by atoms with E-state index in [4.69, 9.17) is 0 Å². The predicted molar refractivity (Wildman–Crippen MR) is 116 cm³/mol. The summed E-state index contributed by atoms with van der Waals surface area (Å²) >= 11 is 0. The molecule has 0 amide bonds. The summed E-state index contributed by atoms with van der Waals surface area (Å²) in [5.74, 6) is -0.669. The number of rotatable bonds is 10. The van der Waals surface area contributed by atoms with Crippen molar-refractivity contribution in [2.45, 2.75) is 51.9 Å². The Hall–Kier alpha value is -2.95. The number of benzene rings is 2. The Balaban J connectivity index is 2.15. The van der Waals surface area contributed by atoms with E-state index in [9.17, 15) is 14.9 Å². The summed E-state index contributed by atoms with van der Waals surface area (Å²) in [7, 11) is 0. The highest BCUT2D eigenvalue weighted by Gasteiger charge is 2.33. The van der Waals surface area contributed by atoms with Crippen molar-refractivity contribution in [3.63, 3.8) is 0 Å². The third-order valence-corrected chi connectivity index (χ3v) is 5.72. The summed E-state index contributed by atoms with van der Waals surface area (Å²) in [5.41, 5.74) is 3.61. The molecular formula is C24H28N2O3. The summed E-state index contributed by atoms with van der Waals surface area (Å²) in [6.45, 7) is 4.14. The van der Waals surface area contributed by atoms with Gasteiger partial charge in [0.15, 0.2) is 0 Å². The lowest BCUT2D eigenvalue weighted by Crippen LogP contribution is -2.18. The number of aromatic amines is 1. The number of aryl methyl sites for hydroxylation is 1. The van der Waals surface area contributed by atoms with Gasteiger partial charge < -0.3 is 9.78 Å². The number of hydrogen-bond acceptors (Lipinski definition) is 3. The zero-order valence-electron chi connectivity index (χ0n) is 17.1. The minimum Gasteiger partial charge on any atom is -0.358 e. The number of hydrogen-bond donors (Lipinski definition) is 1. The minimum atomic E-state index is -0.355. The summed E-state index contributed by atoms with van der Waals surface area (Å²) in [5, 5.41) is 12.8. The molecule has 2 atom stereocenters. The molecule has 152 valence electrons. The molecule has 3 rings (SSSR count). The van der Waals surface area contributed by atoms with E-state index in [2.05, 4.69) is 11.9 Å². The van der Waals surface area contributed by atoms with Crippen LogP contribution in [0, 0.1) is 23.0 Å². The van der Waals surface area contributed by atoms with Crippen molar-refractivity contribution in [3.8, 4) is 0 Å². The van der Waals surface area contributed by atoms with Crippen molar-refractivity contribution in [1.29, 1.82) is 0 Å². The normalized spacial score (nSPS) is 13.3. The Bertz CT molecular complexity index is 993. The molecule has 0 saturated heterocycles. The molecule has 0 fully saturated rings. The Morgan fingerprint density at radius 2 is 1.79 bits per heavy atom. The number of unbranched alkanes of at least 4 members (excludes halogenated alkanes) is 3. The number of nitro groups is 1. The first kappa shape index (κ1) is 20.8. The first-order chi connectivity index (χ1) is 14.1. The van der Waals surface area contributed by atoms with Gasteiger partial charge in [0.05, 0.1) is 4.92 Å². The van der Waals surface area contributed by atoms with Gasteiger partial charge in [-0.05, 0) is 25.0 Å². The lowest BCUT2D eigenvalue weighted by Gasteiger charge is -2.24. The topological polar surface area (TPSA) is 76.0 Å². The van der Waals surface area contributed by atoms with Crippen LogP contribution in [0.4, 0.5) is 5.69 Å². The minimum absolute atomic E-state index is 0.0718. The van der Waals surface area contributed by atoms with E-state index in [-0.39, 0.29) is 22.4 Å². The van der Waals surface area contributed by atoms with Gasteiger partial charge in [0, 0.05) is 40.1 Å². The molecule has 5 nitrogen and oxygen atoms in total. The zero-order chi connectivity index (χ0) is 20.8. The Labute approximate surface area is 171 Å². The van der Waals surface area contributed by atoms with Crippen molar-refractivity contribution >= 4 is 22.9 Å². The van der Waals surface area contributed by atoms with Crippen molar-refractivity contribution in [2.24, 2.45) is 5.92 Å². The third-order valence-electron chi connectivity index (χ3n) is 5.72. The maximum absolute atomic E-state index is 12.2. The van der Waals surface area contributed by atoms with E-state index in [0.29, 0.717) is 5.56 Å². The number of aromatic nitrogens is 1. The van der Waals surface area contributed by atoms with Crippen LogP contribution in [0.25, 0.3) is 10.9 Å². The van der Waals surface area contributed by atoms with Gasteiger partial charge in [0.1, 0.15) is 6.29 Å². The van der Waals surface area contributed by atoms with Crippen LogP contribution in [0.15, 0.2) is 48.5 Å². The highest BCUT2D eigenvalue weighted by atomic mass is 16.6. The lowest BCUT2D eigenvalue weighted by molar-refractivity contribution is -0.385. The predicted octanol–water partition coefficient (Wildman–Crippen LogP) is 6.30. The van der Waals surface area contributed by atoms with Gasteiger partial charge in [0.25, 0.3) is 5.69 Å². The standard InChI is InChI=1S/C24H28N2O3/c1-3-4-5-6-11-18(16-27)24(20-13-8-10-15-22(20)26(28)29)23-17(2)25-21-14-9-7-12-19(21)23/h7-10,12-16,18,24-25H,3-6,11H2,1-2H3/t18-,24?/m1/s1. The lowest BCUT2D eigenvalue weighted by atomic mass is 9.77. The fraction of sp³-hybridized carbons (Fsp3) is 0.375. The fourth-order valence-electron chi connectivity index (χ4n) is 4.34. The molecule has 5 heteroatoms. The Morgan fingerprint density at radius 3 is 2.52 bits per heavy atom. The molecule has 1 aromatic heterocycles. The highest BCUT2D eigenvalue weighted by Crippen LogP contribution is 2.42. The van der Waals surface area contributed by atoms with Crippen molar-refractivity contribution in [1.82, 2.24) is 4.98 Å². The number of para-hydroxylation sites is 2. The van der Waals surface area contributed by atoms with Gasteiger partial charge in [-0.25, -0.2) is 0 Å². The van der Waals surface area contributed by atoms with Gasteiger partial charge in [-0.2, -0.15) is 0 Å². The van der Waals surface area contributed by atoms with Crippen molar-refractivity contribution in [2.75, 3.05) is 0 Å². The van der Waals surface area contributed by atoms with Crippen LogP contribution in [0.3, 0.4) is 0 Å². The van der Waals surface area contributed by atoms with Crippen LogP contribution in [-0.2, 0) is 4.79 Å². The number of nitro benzene ring substituents is 1. The summed E-state index contributed by atoms with van der Waals surface area (Å²) in [6, 6.07) is 14.8. The molecule has 0 aliphatic heterocycles. The van der Waals surface area contributed by atoms with E-state index in [1.807, 2.05) is 37.3 Å². The first-order valence-corrected chi connectivity index (χ1v) is 10.3. The molecule has 1 unspecified atom stereocenters. The van der Waals surface area contributed by atoms with E-state index in [0.717, 1.165) is 60.6 Å². The molecule has 29 heavy (non-hydrogen) atoms. The second kappa shape index (κ2) is 9.50. The molecule has 1 heterocycles. The quantitative estimate of drug-likeness (QED) is 0.190. The van der Waals surface area contributed by atoms with Crippen LogP contribution < -0.4 is 0 Å². The van der Waals surface area contributed by atoms with Crippen LogP contribution in [0.5, 0.6) is 0 Å². The number of carbonyl (C=O) groups is 1. The number of aldehydes is 1. The molecular weight excluding hydrogens is 364 g/mol. The zero-order valence-corrected chi connectivity index (χ0v) is 17.1. The van der Waals surface area contributed by atoms with Crippen LogP contribution in [0.1, 0.15) is 61.8 Å². The molecule has 0 saturated carbocycles. The van der Waals surface area contributed by atoms with Gasteiger partial charge >= 0.3 is 0 Å². The average molecular weight is 392 g/mol. The van der Waals surface area contributed by atoms with E-state index >= 15 is 0 Å². The smallest absolute Gasteiger partial charge is 0.273 e. The molecule has 0 bridgehead atoms. The fourth-order valence-corrected chi connectivity index (χ4v) is 4.34. The largest absolute Gasteiger partial charge is 0.358 e. The molecule has 0 aliphatic carbocycles. The molecule has 1 N–H and O–H groups in total. The molecule has 2 aromatic carbocycles. The van der Waals surface area contributed by atoms with E-state index < -0.39 is 0 Å². The highest BCUT2D eigenvalue weighted by molar-refractivity contribution is 5.86. The molecule has 3 aromatic rings. The first-order valence-electron chi connectivity index (χ1n) is 10.3. The molecule has 0 aliphatic rings. The number of nitrogens with one attached hydrogen (secondary N) is 1. The number of fused-ring (bicyclic) bond motifs is 1. The maximum Gasteiger partial charge on any atom is 0.273 e. The van der Waals surface area contributed by atoms with Crippen LogP contribution >= 0.6 is 0 Å². The number of H-pyrrole nitrogens is 1. The van der Waals surface area contributed by atoms with Gasteiger partial charge in [-0.1, -0.05) is 69.0 Å². The Morgan fingerprint density at radius 1 is 1.07 bits per heavy atom. The maximum atomic E-state index is 12.2. The summed E-state index contributed by atoms with van der Waals surface area (Å²) < 4.78 is 0. The third kappa shape index (κ3) is 4.39. The van der Waals surface area contributed by atoms with Crippen LogP contribution in [-0.4, -0.2) is 16.2 Å². The van der Waals surface area contributed by atoms with E-state index in [1.54, 1.807) is 12.1 Å². The van der Waals surface area contributed by atoms with Crippen LogP contribution in [0.2, 0.25) is 0 Å².